The zero-order valence-electron chi connectivity index (χ0n) is 11.3. The number of fused-ring (bicyclic) bond motifs is 1. The number of aromatic nitrogens is 2. The summed E-state index contributed by atoms with van der Waals surface area (Å²) in [5, 5.41) is 0. The zero-order valence-corrected chi connectivity index (χ0v) is 12.9. The molecule has 0 saturated carbocycles. The highest BCUT2D eigenvalue weighted by Crippen LogP contribution is 2.21. The third kappa shape index (κ3) is 2.68. The van der Waals surface area contributed by atoms with E-state index in [2.05, 4.69) is 51.6 Å². The van der Waals surface area contributed by atoms with Crippen molar-refractivity contribution in [2.45, 2.75) is 6.54 Å². The minimum absolute atomic E-state index is 0.689. The van der Waals surface area contributed by atoms with Gasteiger partial charge in [-0.15, -0.1) is 0 Å². The number of nitrogens with zero attached hydrogens (tertiary/aromatic N) is 3. The fraction of sp³-hybridized carbons (Fsp3) is 0.500. The van der Waals surface area contributed by atoms with Gasteiger partial charge in [0.1, 0.15) is 5.82 Å². The molecule has 0 N–H and O–H groups in total. The Kier molecular flexibility index (Phi) is 3.60. The van der Waals surface area contributed by atoms with Gasteiger partial charge in [-0.25, -0.2) is 4.98 Å². The van der Waals surface area contributed by atoms with Gasteiger partial charge < -0.3 is 9.30 Å². The first-order chi connectivity index (χ1) is 9.13. The predicted molar refractivity (Wildman–Crippen MR) is 79.1 cm³/mol. The van der Waals surface area contributed by atoms with Crippen molar-refractivity contribution in [3.8, 4) is 0 Å². The van der Waals surface area contributed by atoms with Crippen molar-refractivity contribution in [2.75, 3.05) is 26.8 Å². The molecule has 1 fully saturated rings. The van der Waals surface area contributed by atoms with Gasteiger partial charge in [0.15, 0.2) is 0 Å². The van der Waals surface area contributed by atoms with Crippen LogP contribution in [-0.2, 0) is 18.3 Å². The highest BCUT2D eigenvalue weighted by molar-refractivity contribution is 9.10. The van der Waals surface area contributed by atoms with E-state index in [1.807, 2.05) is 6.07 Å². The number of ether oxygens (including phenoxy) is 1. The van der Waals surface area contributed by atoms with Gasteiger partial charge >= 0.3 is 0 Å². The molecule has 19 heavy (non-hydrogen) atoms. The average molecular weight is 324 g/mol. The first kappa shape index (κ1) is 13.1. The maximum atomic E-state index is 5.22. The van der Waals surface area contributed by atoms with E-state index in [0.717, 1.165) is 42.1 Å². The Morgan fingerprint density at radius 2 is 2.26 bits per heavy atom. The lowest BCUT2D eigenvalue weighted by atomic mass is 10.1. The van der Waals surface area contributed by atoms with Gasteiger partial charge in [0.05, 0.1) is 30.8 Å². The summed E-state index contributed by atoms with van der Waals surface area (Å²) < 4.78 is 8.48. The second kappa shape index (κ2) is 5.23. The predicted octanol–water partition coefficient (Wildman–Crippen LogP) is 2.41. The molecule has 2 aromatic rings. The van der Waals surface area contributed by atoms with Crippen LogP contribution in [0.3, 0.4) is 0 Å². The quantitative estimate of drug-likeness (QED) is 0.865. The summed E-state index contributed by atoms with van der Waals surface area (Å²) in [6.07, 6.45) is 0. The van der Waals surface area contributed by atoms with Crippen LogP contribution >= 0.6 is 15.9 Å². The van der Waals surface area contributed by atoms with Gasteiger partial charge in [0.25, 0.3) is 0 Å². The molecule has 0 bridgehead atoms. The standard InChI is InChI=1S/C14H18BrN3O/c1-17(6-10-8-19-9-10)7-14-16-12-4-3-11(15)5-13(12)18(14)2/h3-5,10H,6-9H2,1-2H3. The average Bonchev–Trinajstić information content (AvgIpc) is 2.62. The molecular formula is C14H18BrN3O. The fourth-order valence-electron chi connectivity index (χ4n) is 2.49. The molecule has 2 heterocycles. The molecule has 1 aliphatic heterocycles. The first-order valence-electron chi connectivity index (χ1n) is 6.50. The molecule has 0 atom stereocenters. The SMILES string of the molecule is CN(Cc1nc2ccc(Br)cc2n1C)CC1COC1. The Morgan fingerprint density at radius 3 is 2.95 bits per heavy atom. The fourth-order valence-corrected chi connectivity index (χ4v) is 2.84. The molecule has 1 aliphatic rings. The summed E-state index contributed by atoms with van der Waals surface area (Å²) in [6, 6.07) is 6.21. The van der Waals surface area contributed by atoms with E-state index in [0.29, 0.717) is 5.92 Å². The lowest BCUT2D eigenvalue weighted by Gasteiger charge is -2.30. The van der Waals surface area contributed by atoms with Crippen molar-refractivity contribution in [3.05, 3.63) is 28.5 Å². The molecule has 1 aromatic carbocycles. The zero-order chi connectivity index (χ0) is 13.4. The van der Waals surface area contributed by atoms with Crippen molar-refractivity contribution < 1.29 is 4.74 Å². The smallest absolute Gasteiger partial charge is 0.123 e. The summed E-state index contributed by atoms with van der Waals surface area (Å²) in [5.41, 5.74) is 2.23. The Balaban J connectivity index is 1.78. The number of hydrogen-bond acceptors (Lipinski definition) is 3. The summed E-state index contributed by atoms with van der Waals surface area (Å²) in [7, 11) is 4.23. The topological polar surface area (TPSA) is 30.3 Å². The molecule has 5 heteroatoms. The van der Waals surface area contributed by atoms with E-state index in [9.17, 15) is 0 Å². The largest absolute Gasteiger partial charge is 0.381 e. The maximum absolute atomic E-state index is 5.22. The van der Waals surface area contributed by atoms with Gasteiger partial charge in [-0.05, 0) is 25.2 Å². The lowest BCUT2D eigenvalue weighted by Crippen LogP contribution is -2.37. The highest BCUT2D eigenvalue weighted by atomic mass is 79.9. The molecule has 3 rings (SSSR count). The lowest BCUT2D eigenvalue weighted by molar-refractivity contribution is -0.0447. The van der Waals surface area contributed by atoms with Gasteiger partial charge in [-0.2, -0.15) is 0 Å². The number of benzene rings is 1. The van der Waals surface area contributed by atoms with Crippen LogP contribution < -0.4 is 0 Å². The van der Waals surface area contributed by atoms with E-state index >= 15 is 0 Å². The first-order valence-corrected chi connectivity index (χ1v) is 7.30. The molecule has 0 spiro atoms. The number of imidazole rings is 1. The summed E-state index contributed by atoms with van der Waals surface area (Å²) in [4.78, 5) is 7.04. The monoisotopic (exact) mass is 323 g/mol. The van der Waals surface area contributed by atoms with Crippen LogP contribution in [0.25, 0.3) is 11.0 Å². The molecular weight excluding hydrogens is 306 g/mol. The molecule has 102 valence electrons. The van der Waals surface area contributed by atoms with Crippen molar-refractivity contribution in [1.29, 1.82) is 0 Å². The van der Waals surface area contributed by atoms with E-state index in [-0.39, 0.29) is 0 Å². The molecule has 4 nitrogen and oxygen atoms in total. The van der Waals surface area contributed by atoms with E-state index < -0.39 is 0 Å². The Bertz CT molecular complexity index is 592. The van der Waals surface area contributed by atoms with Crippen LogP contribution in [0.2, 0.25) is 0 Å². The third-order valence-corrected chi connectivity index (χ3v) is 4.12. The highest BCUT2D eigenvalue weighted by Gasteiger charge is 2.20. The Labute approximate surface area is 121 Å². The molecule has 0 radical (unpaired) electrons. The minimum atomic E-state index is 0.689. The van der Waals surface area contributed by atoms with Crippen LogP contribution in [0.1, 0.15) is 5.82 Å². The van der Waals surface area contributed by atoms with E-state index in [4.69, 9.17) is 9.72 Å². The normalized spacial score (nSPS) is 16.2. The van der Waals surface area contributed by atoms with Gasteiger partial charge in [0.2, 0.25) is 0 Å². The van der Waals surface area contributed by atoms with E-state index in [1.54, 1.807) is 0 Å². The van der Waals surface area contributed by atoms with Gasteiger partial charge in [0, 0.05) is 24.0 Å². The Morgan fingerprint density at radius 1 is 1.47 bits per heavy atom. The van der Waals surface area contributed by atoms with Crippen molar-refractivity contribution in [2.24, 2.45) is 13.0 Å². The maximum Gasteiger partial charge on any atom is 0.123 e. The number of aryl methyl sites for hydroxylation is 1. The Hall–Kier alpha value is -0.910. The van der Waals surface area contributed by atoms with Crippen molar-refractivity contribution in [3.63, 3.8) is 0 Å². The van der Waals surface area contributed by atoms with E-state index in [1.165, 1.54) is 5.52 Å². The number of halogens is 1. The molecule has 1 aromatic heterocycles. The summed E-state index contributed by atoms with van der Waals surface area (Å²) in [6.45, 7) is 3.76. The molecule has 0 amide bonds. The minimum Gasteiger partial charge on any atom is -0.381 e. The van der Waals surface area contributed by atoms with Crippen LogP contribution in [-0.4, -0.2) is 41.3 Å². The third-order valence-electron chi connectivity index (χ3n) is 3.62. The number of rotatable bonds is 4. The second-order valence-corrected chi connectivity index (χ2v) is 6.24. The molecule has 0 aliphatic carbocycles. The molecule has 1 saturated heterocycles. The van der Waals surface area contributed by atoms with Crippen LogP contribution in [0, 0.1) is 5.92 Å². The van der Waals surface area contributed by atoms with Crippen molar-refractivity contribution in [1.82, 2.24) is 14.5 Å². The molecule has 0 unspecified atom stereocenters. The van der Waals surface area contributed by atoms with Gasteiger partial charge in [-0.3, -0.25) is 4.90 Å². The number of hydrogen-bond donors (Lipinski definition) is 0. The summed E-state index contributed by atoms with van der Waals surface area (Å²) >= 11 is 3.51. The summed E-state index contributed by atoms with van der Waals surface area (Å²) in [5.74, 6) is 1.80. The van der Waals surface area contributed by atoms with Crippen molar-refractivity contribution >= 4 is 27.0 Å². The van der Waals surface area contributed by atoms with Gasteiger partial charge in [-0.1, -0.05) is 15.9 Å². The van der Waals surface area contributed by atoms with Crippen LogP contribution in [0.5, 0.6) is 0 Å². The second-order valence-electron chi connectivity index (χ2n) is 5.32. The van der Waals surface area contributed by atoms with Crippen LogP contribution in [0.4, 0.5) is 0 Å². The van der Waals surface area contributed by atoms with Crippen LogP contribution in [0.15, 0.2) is 22.7 Å².